The minimum Gasteiger partial charge on any atom is -0.420 e. The number of rotatable bonds is 3. The van der Waals surface area contributed by atoms with Crippen LogP contribution in [0.1, 0.15) is 60.6 Å². The Kier molecular flexibility index (Phi) is 5.29. The zero-order valence-electron chi connectivity index (χ0n) is 17.1. The zero-order valence-corrected chi connectivity index (χ0v) is 18.7. The summed E-state index contributed by atoms with van der Waals surface area (Å²) in [5.74, 6) is 0.850. The molecule has 1 atom stereocenters. The van der Waals surface area contributed by atoms with Crippen LogP contribution in [0.25, 0.3) is 11.3 Å². The first kappa shape index (κ1) is 19.9. The van der Waals surface area contributed by atoms with Gasteiger partial charge < -0.3 is 10.5 Å². The van der Waals surface area contributed by atoms with E-state index in [9.17, 15) is 5.26 Å². The molecule has 6 heteroatoms. The number of halogens is 1. The van der Waals surface area contributed by atoms with Gasteiger partial charge in [0, 0.05) is 10.0 Å². The molecule has 0 saturated heterocycles. The number of aromatic nitrogens is 2. The first-order valence-electron chi connectivity index (χ1n) is 10.7. The van der Waals surface area contributed by atoms with E-state index in [0.717, 1.165) is 26.9 Å². The van der Waals surface area contributed by atoms with Gasteiger partial charge in [0.25, 0.3) is 0 Å². The van der Waals surface area contributed by atoms with Crippen LogP contribution in [0.3, 0.4) is 0 Å². The van der Waals surface area contributed by atoms with Crippen molar-refractivity contribution in [3.63, 3.8) is 0 Å². The topological polar surface area (TPSA) is 87.7 Å². The van der Waals surface area contributed by atoms with E-state index in [4.69, 9.17) is 10.5 Å². The molecule has 156 valence electrons. The second-order valence-electron chi connectivity index (χ2n) is 8.25. The number of hydrogen-bond acceptors (Lipinski definition) is 4. The van der Waals surface area contributed by atoms with Gasteiger partial charge in [0.15, 0.2) is 0 Å². The molecule has 3 aromatic rings. The Hall–Kier alpha value is -3.04. The lowest BCUT2D eigenvalue weighted by Gasteiger charge is -2.24. The average Bonchev–Trinajstić information content (AvgIpc) is 3.23. The summed E-state index contributed by atoms with van der Waals surface area (Å²) >= 11 is 3.48. The van der Waals surface area contributed by atoms with Crippen LogP contribution in [0.15, 0.2) is 64.5 Å². The molecule has 2 heterocycles. The lowest BCUT2D eigenvalue weighted by Crippen LogP contribution is -2.20. The van der Waals surface area contributed by atoms with Gasteiger partial charge in [-0.15, -0.1) is 5.10 Å². The molecule has 1 saturated carbocycles. The molecular formula is C25H23BrN4O. The monoisotopic (exact) mass is 474 g/mol. The Labute approximate surface area is 190 Å². The van der Waals surface area contributed by atoms with Crippen LogP contribution in [0.4, 0.5) is 0 Å². The SMILES string of the molecule is N#CC1=C(N)Oc2n[nH]c(-c3ccc(C4CCCCC4)cc3)c2[C@H]1c1ccc(Br)cc1. The highest BCUT2D eigenvalue weighted by atomic mass is 79.9. The molecule has 3 N–H and O–H groups in total. The standard InChI is InChI=1S/C25H23BrN4O/c26-19-12-10-17(11-13-19)21-20(14-27)24(28)31-25-22(21)23(29-30-25)18-8-6-16(7-9-18)15-4-2-1-3-5-15/h6-13,15,21H,1-5,28H2,(H,29,30)/t21-/m0/s1. The highest BCUT2D eigenvalue weighted by molar-refractivity contribution is 9.10. The Morgan fingerprint density at radius 1 is 1.00 bits per heavy atom. The van der Waals surface area contributed by atoms with Crippen LogP contribution < -0.4 is 10.5 Å². The van der Waals surface area contributed by atoms with Crippen molar-refractivity contribution in [3.8, 4) is 23.2 Å². The van der Waals surface area contributed by atoms with Gasteiger partial charge in [-0.05, 0) is 42.0 Å². The van der Waals surface area contributed by atoms with Gasteiger partial charge in [-0.2, -0.15) is 5.26 Å². The van der Waals surface area contributed by atoms with Crippen LogP contribution in [-0.2, 0) is 0 Å². The number of allylic oxidation sites excluding steroid dienone is 1. The average molecular weight is 475 g/mol. The third-order valence-corrected chi connectivity index (χ3v) is 6.95. The van der Waals surface area contributed by atoms with Gasteiger partial charge in [0.2, 0.25) is 11.8 Å². The molecule has 1 fully saturated rings. The van der Waals surface area contributed by atoms with E-state index in [1.165, 1.54) is 37.7 Å². The van der Waals surface area contributed by atoms with Crippen molar-refractivity contribution in [2.45, 2.75) is 43.9 Å². The number of H-pyrrole nitrogens is 1. The van der Waals surface area contributed by atoms with E-state index < -0.39 is 0 Å². The number of aromatic amines is 1. The molecule has 0 radical (unpaired) electrons. The van der Waals surface area contributed by atoms with Crippen molar-refractivity contribution in [1.29, 1.82) is 5.26 Å². The van der Waals surface area contributed by atoms with Gasteiger partial charge >= 0.3 is 0 Å². The summed E-state index contributed by atoms with van der Waals surface area (Å²) in [6.07, 6.45) is 6.53. The molecule has 0 amide bonds. The number of fused-ring (bicyclic) bond motifs is 1. The summed E-state index contributed by atoms with van der Waals surface area (Å²) in [5.41, 5.74) is 11.6. The van der Waals surface area contributed by atoms with E-state index >= 15 is 0 Å². The smallest absolute Gasteiger partial charge is 0.244 e. The van der Waals surface area contributed by atoms with E-state index in [-0.39, 0.29) is 11.8 Å². The van der Waals surface area contributed by atoms with Gasteiger partial charge in [-0.1, -0.05) is 71.6 Å². The molecule has 1 aromatic heterocycles. The summed E-state index contributed by atoms with van der Waals surface area (Å²) in [4.78, 5) is 0. The van der Waals surface area contributed by atoms with Crippen molar-refractivity contribution in [2.24, 2.45) is 5.73 Å². The van der Waals surface area contributed by atoms with E-state index in [1.807, 2.05) is 24.3 Å². The van der Waals surface area contributed by atoms with Crippen LogP contribution >= 0.6 is 15.9 Å². The molecule has 1 aliphatic carbocycles. The Morgan fingerprint density at radius 2 is 1.68 bits per heavy atom. The molecular weight excluding hydrogens is 452 g/mol. The third-order valence-electron chi connectivity index (χ3n) is 6.42. The van der Waals surface area contributed by atoms with Crippen LogP contribution in [0.2, 0.25) is 0 Å². The second kappa shape index (κ2) is 8.24. The van der Waals surface area contributed by atoms with Crippen molar-refractivity contribution in [1.82, 2.24) is 10.2 Å². The molecule has 0 bridgehead atoms. The molecule has 0 spiro atoms. The second-order valence-corrected chi connectivity index (χ2v) is 9.17. The Balaban J connectivity index is 1.57. The van der Waals surface area contributed by atoms with Crippen LogP contribution in [0, 0.1) is 11.3 Å². The number of nitrogens with zero attached hydrogens (tertiary/aromatic N) is 2. The molecule has 5 nitrogen and oxygen atoms in total. The number of nitriles is 1. The number of nitrogens with one attached hydrogen (secondary N) is 1. The lowest BCUT2D eigenvalue weighted by molar-refractivity contribution is 0.379. The number of benzene rings is 2. The fourth-order valence-electron chi connectivity index (χ4n) is 4.81. The molecule has 2 aliphatic rings. The predicted octanol–water partition coefficient (Wildman–Crippen LogP) is 6.11. The fraction of sp³-hybridized carbons (Fsp3) is 0.280. The van der Waals surface area contributed by atoms with Crippen molar-refractivity contribution in [3.05, 3.63) is 81.2 Å². The molecule has 1 aliphatic heterocycles. The number of ether oxygens (including phenoxy) is 1. The predicted molar refractivity (Wildman–Crippen MR) is 123 cm³/mol. The maximum atomic E-state index is 9.85. The highest BCUT2D eigenvalue weighted by Gasteiger charge is 2.35. The molecule has 31 heavy (non-hydrogen) atoms. The van der Waals surface area contributed by atoms with Gasteiger partial charge in [-0.25, -0.2) is 0 Å². The third kappa shape index (κ3) is 3.64. The minimum atomic E-state index is -0.339. The van der Waals surface area contributed by atoms with E-state index in [2.05, 4.69) is 56.5 Å². The van der Waals surface area contributed by atoms with Crippen LogP contribution in [0.5, 0.6) is 5.88 Å². The summed E-state index contributed by atoms with van der Waals surface area (Å²) in [6, 6.07) is 18.9. The quantitative estimate of drug-likeness (QED) is 0.479. The highest BCUT2D eigenvalue weighted by Crippen LogP contribution is 2.46. The summed E-state index contributed by atoms with van der Waals surface area (Å²) in [5, 5.41) is 17.4. The van der Waals surface area contributed by atoms with Gasteiger partial charge in [0.05, 0.1) is 17.2 Å². The minimum absolute atomic E-state index is 0.105. The Morgan fingerprint density at radius 3 is 2.35 bits per heavy atom. The number of hydrogen-bond donors (Lipinski definition) is 2. The maximum absolute atomic E-state index is 9.85. The summed E-state index contributed by atoms with van der Waals surface area (Å²) < 4.78 is 6.69. The van der Waals surface area contributed by atoms with E-state index in [1.54, 1.807) is 0 Å². The lowest BCUT2D eigenvalue weighted by atomic mass is 9.82. The molecule has 5 rings (SSSR count). The van der Waals surface area contributed by atoms with E-state index in [0.29, 0.717) is 17.4 Å². The molecule has 2 aromatic carbocycles. The van der Waals surface area contributed by atoms with Gasteiger partial charge in [0.1, 0.15) is 11.6 Å². The van der Waals surface area contributed by atoms with Crippen molar-refractivity contribution >= 4 is 15.9 Å². The van der Waals surface area contributed by atoms with Crippen molar-refractivity contribution in [2.75, 3.05) is 0 Å². The Bertz CT molecular complexity index is 1170. The van der Waals surface area contributed by atoms with Crippen molar-refractivity contribution < 1.29 is 4.74 Å². The van der Waals surface area contributed by atoms with Crippen LogP contribution in [-0.4, -0.2) is 10.2 Å². The first-order chi connectivity index (χ1) is 15.2. The zero-order chi connectivity index (χ0) is 21.4. The normalized spacial score (nSPS) is 18.9. The summed E-state index contributed by atoms with van der Waals surface area (Å²) in [6.45, 7) is 0. The fourth-order valence-corrected chi connectivity index (χ4v) is 5.08. The maximum Gasteiger partial charge on any atom is 0.244 e. The largest absolute Gasteiger partial charge is 0.420 e. The number of nitrogens with two attached hydrogens (primary N) is 1. The summed E-state index contributed by atoms with van der Waals surface area (Å²) in [7, 11) is 0. The first-order valence-corrected chi connectivity index (χ1v) is 11.5. The molecule has 0 unspecified atom stereocenters. The van der Waals surface area contributed by atoms with Gasteiger partial charge in [-0.3, -0.25) is 5.10 Å².